The minimum atomic E-state index is 0.0736. The van der Waals surface area contributed by atoms with Gasteiger partial charge < -0.3 is 5.32 Å². The molecule has 0 saturated carbocycles. The van der Waals surface area contributed by atoms with E-state index >= 15 is 0 Å². The number of carbonyl (C=O) groups is 2. The lowest BCUT2D eigenvalue weighted by Gasteiger charge is -2.15. The summed E-state index contributed by atoms with van der Waals surface area (Å²) < 4.78 is 0. The highest BCUT2D eigenvalue weighted by atomic mass is 16.2. The second-order valence-corrected chi connectivity index (χ2v) is 4.70. The van der Waals surface area contributed by atoms with Crippen LogP contribution in [0.25, 0.3) is 0 Å². The molecule has 3 N–H and O–H groups in total. The van der Waals surface area contributed by atoms with Crippen molar-refractivity contribution in [1.29, 1.82) is 0 Å². The first-order chi connectivity index (χ1) is 9.71. The molecule has 110 valence electrons. The number of carbonyl (C=O) groups excluding carboxylic acids is 2. The summed E-state index contributed by atoms with van der Waals surface area (Å²) in [6.07, 6.45) is 4.53. The predicted octanol–water partition coefficient (Wildman–Crippen LogP) is 2.91. The zero-order valence-corrected chi connectivity index (χ0v) is 12.1. The van der Waals surface area contributed by atoms with Crippen molar-refractivity contribution in [3.8, 4) is 0 Å². The lowest BCUT2D eigenvalue weighted by Crippen LogP contribution is -2.22. The zero-order valence-electron chi connectivity index (χ0n) is 12.1. The van der Waals surface area contributed by atoms with Crippen LogP contribution in [0.4, 0.5) is 11.4 Å². The van der Waals surface area contributed by atoms with Gasteiger partial charge in [-0.1, -0.05) is 26.7 Å². The summed E-state index contributed by atoms with van der Waals surface area (Å²) in [5.74, 6) is 0.150. The largest absolute Gasteiger partial charge is 0.326 e. The molecule has 20 heavy (non-hydrogen) atoms. The second-order valence-electron chi connectivity index (χ2n) is 4.70. The van der Waals surface area contributed by atoms with Gasteiger partial charge in [0.1, 0.15) is 0 Å². The Kier molecular flexibility index (Phi) is 7.17. The van der Waals surface area contributed by atoms with Gasteiger partial charge in [0, 0.05) is 11.6 Å². The van der Waals surface area contributed by atoms with Crippen molar-refractivity contribution in [2.75, 3.05) is 10.7 Å². The molecule has 1 atom stereocenters. The molecule has 0 saturated heterocycles. The summed E-state index contributed by atoms with van der Waals surface area (Å²) in [4.78, 5) is 22.3. The van der Waals surface area contributed by atoms with Gasteiger partial charge in [-0.25, -0.2) is 0 Å². The van der Waals surface area contributed by atoms with Crippen LogP contribution >= 0.6 is 0 Å². The molecule has 0 bridgehead atoms. The van der Waals surface area contributed by atoms with E-state index in [1.807, 2.05) is 6.92 Å². The van der Waals surface area contributed by atoms with Crippen LogP contribution in [0.15, 0.2) is 24.3 Å². The molecule has 0 aliphatic carbocycles. The van der Waals surface area contributed by atoms with E-state index in [0.717, 1.165) is 37.1 Å². The fourth-order valence-electron chi connectivity index (χ4n) is 1.97. The lowest BCUT2D eigenvalue weighted by molar-refractivity contribution is -0.120. The maximum absolute atomic E-state index is 12.1. The Labute approximate surface area is 120 Å². The molecule has 2 amide bonds. The quantitative estimate of drug-likeness (QED) is 0.480. The van der Waals surface area contributed by atoms with Crippen LogP contribution in [0.1, 0.15) is 39.5 Å². The molecule has 0 radical (unpaired) electrons. The van der Waals surface area contributed by atoms with Gasteiger partial charge in [-0.05, 0) is 37.1 Å². The maximum atomic E-state index is 12.1. The number of benzene rings is 1. The van der Waals surface area contributed by atoms with Crippen LogP contribution < -0.4 is 16.2 Å². The Morgan fingerprint density at radius 3 is 2.40 bits per heavy atom. The highest BCUT2D eigenvalue weighted by molar-refractivity contribution is 5.92. The third-order valence-corrected chi connectivity index (χ3v) is 3.20. The topological polar surface area (TPSA) is 70.2 Å². The number of nitrogens with one attached hydrogen (secondary N) is 3. The zero-order chi connectivity index (χ0) is 14.8. The first-order valence-electron chi connectivity index (χ1n) is 7.07. The van der Waals surface area contributed by atoms with Crippen molar-refractivity contribution < 1.29 is 9.59 Å². The molecule has 0 aliphatic rings. The van der Waals surface area contributed by atoms with Crippen LogP contribution in [0, 0.1) is 5.92 Å². The van der Waals surface area contributed by atoms with E-state index in [1.54, 1.807) is 24.3 Å². The smallest absolute Gasteiger partial charge is 0.227 e. The minimum Gasteiger partial charge on any atom is -0.326 e. The van der Waals surface area contributed by atoms with Crippen LogP contribution in [-0.4, -0.2) is 12.3 Å². The molecular weight excluding hydrogens is 254 g/mol. The van der Waals surface area contributed by atoms with E-state index in [2.05, 4.69) is 23.1 Å². The van der Waals surface area contributed by atoms with Gasteiger partial charge in [0.2, 0.25) is 12.3 Å². The number of amides is 2. The fourth-order valence-corrected chi connectivity index (χ4v) is 1.97. The summed E-state index contributed by atoms with van der Waals surface area (Å²) in [6.45, 7) is 4.17. The lowest BCUT2D eigenvalue weighted by atomic mass is 9.98. The van der Waals surface area contributed by atoms with Crippen molar-refractivity contribution in [2.24, 2.45) is 5.92 Å². The number of anilines is 2. The van der Waals surface area contributed by atoms with Gasteiger partial charge in [0.05, 0.1) is 5.69 Å². The summed E-state index contributed by atoms with van der Waals surface area (Å²) >= 11 is 0. The summed E-state index contributed by atoms with van der Waals surface area (Å²) in [5.41, 5.74) is 6.59. The average molecular weight is 277 g/mol. The molecule has 1 aromatic rings. The monoisotopic (exact) mass is 277 g/mol. The van der Waals surface area contributed by atoms with Gasteiger partial charge in [-0.3, -0.25) is 20.4 Å². The number of hydrazine groups is 1. The number of hydrogen-bond donors (Lipinski definition) is 3. The molecule has 1 rings (SSSR count). The molecule has 0 spiro atoms. The molecule has 1 aromatic carbocycles. The number of rotatable bonds is 9. The Morgan fingerprint density at radius 1 is 1.20 bits per heavy atom. The molecule has 5 heteroatoms. The first-order valence-corrected chi connectivity index (χ1v) is 7.07. The van der Waals surface area contributed by atoms with E-state index in [9.17, 15) is 9.59 Å². The molecular formula is C15H23N3O2. The molecule has 5 nitrogen and oxygen atoms in total. The van der Waals surface area contributed by atoms with Gasteiger partial charge >= 0.3 is 0 Å². The van der Waals surface area contributed by atoms with Crippen molar-refractivity contribution in [2.45, 2.75) is 39.5 Å². The predicted molar refractivity (Wildman–Crippen MR) is 81.2 cm³/mol. The molecule has 0 fully saturated rings. The van der Waals surface area contributed by atoms with Crippen LogP contribution in [-0.2, 0) is 9.59 Å². The molecule has 1 unspecified atom stereocenters. The summed E-state index contributed by atoms with van der Waals surface area (Å²) in [5, 5.41) is 2.93. The molecule has 0 heterocycles. The fraction of sp³-hybridized carbons (Fsp3) is 0.467. The summed E-state index contributed by atoms with van der Waals surface area (Å²) in [7, 11) is 0. The first kappa shape index (κ1) is 16.0. The molecule has 0 aliphatic heterocycles. The van der Waals surface area contributed by atoms with E-state index in [0.29, 0.717) is 6.41 Å². The summed E-state index contributed by atoms with van der Waals surface area (Å²) in [6, 6.07) is 7.19. The molecule has 0 aromatic heterocycles. The Bertz CT molecular complexity index is 418. The van der Waals surface area contributed by atoms with E-state index in [4.69, 9.17) is 0 Å². The van der Waals surface area contributed by atoms with Gasteiger partial charge in [0.25, 0.3) is 0 Å². The van der Waals surface area contributed by atoms with Crippen molar-refractivity contribution >= 4 is 23.7 Å². The normalized spacial score (nSPS) is 11.5. The minimum absolute atomic E-state index is 0.0736. The third kappa shape index (κ3) is 5.30. The number of hydrogen-bond acceptors (Lipinski definition) is 3. The van der Waals surface area contributed by atoms with Crippen LogP contribution in [0.2, 0.25) is 0 Å². The second kappa shape index (κ2) is 8.96. The number of unbranched alkanes of at least 4 members (excludes halogenated alkanes) is 1. The maximum Gasteiger partial charge on any atom is 0.227 e. The van der Waals surface area contributed by atoms with E-state index < -0.39 is 0 Å². The Hall–Kier alpha value is -2.04. The SMILES string of the molecule is CCCCC(CC)C(=O)Nc1ccc(NNC=O)cc1. The highest BCUT2D eigenvalue weighted by Gasteiger charge is 2.15. The van der Waals surface area contributed by atoms with Gasteiger partial charge in [0.15, 0.2) is 0 Å². The van der Waals surface area contributed by atoms with Crippen LogP contribution in [0.3, 0.4) is 0 Å². The Balaban J connectivity index is 2.53. The standard InChI is InChI=1S/C15H23N3O2/c1-3-5-6-12(4-2)15(20)17-13-7-9-14(10-8-13)18-16-11-19/h7-12,18H,3-6H2,1-2H3,(H,16,19)(H,17,20). The van der Waals surface area contributed by atoms with Crippen molar-refractivity contribution in [3.63, 3.8) is 0 Å². The Morgan fingerprint density at radius 2 is 1.85 bits per heavy atom. The highest BCUT2D eigenvalue weighted by Crippen LogP contribution is 2.17. The van der Waals surface area contributed by atoms with E-state index in [-0.39, 0.29) is 11.8 Å². The van der Waals surface area contributed by atoms with Gasteiger partial charge in [-0.15, -0.1) is 0 Å². The van der Waals surface area contributed by atoms with Gasteiger partial charge in [-0.2, -0.15) is 0 Å². The van der Waals surface area contributed by atoms with E-state index in [1.165, 1.54) is 0 Å². The van der Waals surface area contributed by atoms with Crippen LogP contribution in [0.5, 0.6) is 0 Å². The van der Waals surface area contributed by atoms with Crippen molar-refractivity contribution in [3.05, 3.63) is 24.3 Å². The average Bonchev–Trinajstić information content (AvgIpc) is 2.47. The van der Waals surface area contributed by atoms with Crippen molar-refractivity contribution in [1.82, 2.24) is 5.43 Å². The third-order valence-electron chi connectivity index (χ3n) is 3.20.